The standard InChI is InChI=1S/C37H52N6O6S2/c1-3-18-41(19-15-31-10-7-22-51-31)30-13-14-32-28(25-30)8-5-11-33(32)49-37(48)27-43-26-29(39-40-43)9-6-12-34(44)38-17-20-42(35(45)4-2)21-24-50-23-16-36(46)47/h5,7-8,10-11,22,26,30H,3-4,6,9,12-21,23-25,27H2,1-2H3,(H,38,44)(H,46,47). The number of aryl methyl sites for hydroxylation is 1. The summed E-state index contributed by atoms with van der Waals surface area (Å²) in [4.78, 5) is 54.0. The summed E-state index contributed by atoms with van der Waals surface area (Å²) < 4.78 is 7.33. The minimum atomic E-state index is -0.832. The lowest BCUT2D eigenvalue weighted by molar-refractivity contribution is -0.137. The number of aliphatic carboxylic acids is 1. The predicted molar refractivity (Wildman–Crippen MR) is 200 cm³/mol. The summed E-state index contributed by atoms with van der Waals surface area (Å²) in [5.41, 5.74) is 3.05. The van der Waals surface area contributed by atoms with Gasteiger partial charge in [-0.25, -0.2) is 9.48 Å². The van der Waals surface area contributed by atoms with Crippen LogP contribution in [0.5, 0.6) is 5.75 Å². The Bertz CT molecular complexity index is 1550. The fraction of sp³-hybridized carbons (Fsp3) is 0.568. The second-order valence-corrected chi connectivity index (χ2v) is 15.0. The number of nitrogens with one attached hydrogen (secondary N) is 1. The number of fused-ring (bicyclic) bond motifs is 1. The zero-order chi connectivity index (χ0) is 36.4. The summed E-state index contributed by atoms with van der Waals surface area (Å²) >= 11 is 3.32. The van der Waals surface area contributed by atoms with Crippen molar-refractivity contribution in [3.63, 3.8) is 0 Å². The van der Waals surface area contributed by atoms with Gasteiger partial charge in [-0.1, -0.05) is 37.3 Å². The summed E-state index contributed by atoms with van der Waals surface area (Å²) in [5, 5.41) is 22.0. The number of hydrogen-bond acceptors (Lipinski definition) is 10. The van der Waals surface area contributed by atoms with Crippen LogP contribution in [0.4, 0.5) is 0 Å². The van der Waals surface area contributed by atoms with Gasteiger partial charge in [-0.2, -0.15) is 11.8 Å². The molecule has 0 saturated heterocycles. The number of thioether (sulfide) groups is 1. The third-order valence-electron chi connectivity index (χ3n) is 8.93. The Morgan fingerprint density at radius 1 is 1.06 bits per heavy atom. The normalized spacial score (nSPS) is 13.9. The molecule has 1 aromatic carbocycles. The lowest BCUT2D eigenvalue weighted by Gasteiger charge is -2.35. The third kappa shape index (κ3) is 13.7. The molecule has 1 aliphatic rings. The SMILES string of the molecule is CCCN(CCc1cccs1)C1CCc2c(cccc2OC(=O)Cn2cc(CCCC(=O)NCCN(CCSCCC(=O)O)C(=O)CC)nn2)C1. The summed E-state index contributed by atoms with van der Waals surface area (Å²) in [6.45, 7) is 7.37. The molecular formula is C37H52N6O6S2. The molecule has 0 spiro atoms. The van der Waals surface area contributed by atoms with E-state index in [1.807, 2.05) is 23.5 Å². The first-order chi connectivity index (χ1) is 24.7. The van der Waals surface area contributed by atoms with Crippen LogP contribution < -0.4 is 10.1 Å². The van der Waals surface area contributed by atoms with E-state index in [2.05, 4.69) is 51.0 Å². The molecule has 0 radical (unpaired) electrons. The quantitative estimate of drug-likeness (QED) is 0.0801. The lowest BCUT2D eigenvalue weighted by atomic mass is 9.86. The molecule has 0 aliphatic heterocycles. The minimum Gasteiger partial charge on any atom is -0.481 e. The van der Waals surface area contributed by atoms with Gasteiger partial charge in [0.15, 0.2) is 0 Å². The number of carbonyl (C=O) groups excluding carboxylic acids is 3. The van der Waals surface area contributed by atoms with E-state index in [0.717, 1.165) is 50.8 Å². The van der Waals surface area contributed by atoms with E-state index >= 15 is 0 Å². The number of amides is 2. The van der Waals surface area contributed by atoms with E-state index in [9.17, 15) is 19.2 Å². The summed E-state index contributed by atoms with van der Waals surface area (Å²) in [5.74, 6) is 0.431. The molecule has 0 fully saturated rings. The van der Waals surface area contributed by atoms with Gasteiger partial charge in [0, 0.05) is 67.6 Å². The third-order valence-corrected chi connectivity index (χ3v) is 10.8. The van der Waals surface area contributed by atoms with Gasteiger partial charge in [0.25, 0.3) is 0 Å². The molecule has 2 amide bonds. The van der Waals surface area contributed by atoms with E-state index < -0.39 is 11.9 Å². The molecule has 12 nitrogen and oxygen atoms in total. The van der Waals surface area contributed by atoms with Crippen molar-refractivity contribution in [1.29, 1.82) is 0 Å². The predicted octanol–water partition coefficient (Wildman–Crippen LogP) is 4.64. The van der Waals surface area contributed by atoms with E-state index in [1.54, 1.807) is 18.0 Å². The molecule has 2 aromatic heterocycles. The number of benzene rings is 1. The minimum absolute atomic E-state index is 0.00156. The zero-order valence-corrected chi connectivity index (χ0v) is 31.5. The smallest absolute Gasteiger partial charge is 0.333 e. The summed E-state index contributed by atoms with van der Waals surface area (Å²) in [6.07, 6.45) is 8.61. The van der Waals surface area contributed by atoms with Crippen molar-refractivity contribution in [2.24, 2.45) is 0 Å². The Kier molecular flexibility index (Phi) is 16.9. The van der Waals surface area contributed by atoms with E-state index in [4.69, 9.17) is 9.84 Å². The number of esters is 1. The second-order valence-electron chi connectivity index (χ2n) is 12.7. The number of carbonyl (C=O) groups is 4. The number of rotatable bonds is 23. The van der Waals surface area contributed by atoms with Crippen LogP contribution in [0, 0.1) is 0 Å². The van der Waals surface area contributed by atoms with Gasteiger partial charge in [0.05, 0.1) is 12.1 Å². The van der Waals surface area contributed by atoms with Gasteiger partial charge in [0.2, 0.25) is 11.8 Å². The van der Waals surface area contributed by atoms with Crippen molar-refractivity contribution in [3.05, 3.63) is 63.6 Å². The topological polar surface area (TPSA) is 147 Å². The number of hydrogen-bond donors (Lipinski definition) is 2. The summed E-state index contributed by atoms with van der Waals surface area (Å²) in [7, 11) is 0. The van der Waals surface area contributed by atoms with Crippen molar-refractivity contribution in [2.75, 3.05) is 44.2 Å². The van der Waals surface area contributed by atoms with Crippen molar-refractivity contribution in [3.8, 4) is 5.75 Å². The monoisotopic (exact) mass is 740 g/mol. The average molecular weight is 741 g/mol. The number of carboxylic acids is 1. The second kappa shape index (κ2) is 21.6. The molecule has 0 saturated carbocycles. The number of ether oxygens (including phenoxy) is 1. The Morgan fingerprint density at radius 3 is 2.69 bits per heavy atom. The first kappa shape index (κ1) is 40.0. The molecule has 1 aliphatic carbocycles. The molecule has 1 unspecified atom stereocenters. The average Bonchev–Trinajstić information content (AvgIpc) is 3.81. The molecule has 0 bridgehead atoms. The number of carboxylic acid groups (broad SMARTS) is 1. The highest BCUT2D eigenvalue weighted by Gasteiger charge is 2.26. The van der Waals surface area contributed by atoms with Gasteiger partial charge >= 0.3 is 11.9 Å². The van der Waals surface area contributed by atoms with Crippen LogP contribution in [-0.4, -0.2) is 104 Å². The molecule has 14 heteroatoms. The number of nitrogens with zero attached hydrogens (tertiary/aromatic N) is 5. The van der Waals surface area contributed by atoms with Gasteiger partial charge < -0.3 is 20.1 Å². The van der Waals surface area contributed by atoms with Gasteiger partial charge in [-0.15, -0.1) is 16.4 Å². The number of aromatic nitrogens is 3. The maximum absolute atomic E-state index is 12.9. The van der Waals surface area contributed by atoms with E-state index in [0.29, 0.717) is 74.3 Å². The van der Waals surface area contributed by atoms with Crippen LogP contribution in [0.3, 0.4) is 0 Å². The van der Waals surface area contributed by atoms with Crippen molar-refractivity contribution in [2.45, 2.75) is 90.6 Å². The van der Waals surface area contributed by atoms with Gasteiger partial charge in [0.1, 0.15) is 12.3 Å². The largest absolute Gasteiger partial charge is 0.481 e. The van der Waals surface area contributed by atoms with Crippen LogP contribution >= 0.6 is 23.1 Å². The van der Waals surface area contributed by atoms with Crippen molar-refractivity contribution in [1.82, 2.24) is 30.1 Å². The van der Waals surface area contributed by atoms with Crippen LogP contribution in [0.2, 0.25) is 0 Å². The fourth-order valence-electron chi connectivity index (χ4n) is 6.32. The first-order valence-electron chi connectivity index (χ1n) is 18.1. The van der Waals surface area contributed by atoms with Crippen LogP contribution in [0.1, 0.15) is 74.1 Å². The lowest BCUT2D eigenvalue weighted by Crippen LogP contribution is -2.41. The Labute approximate surface area is 309 Å². The molecular weight excluding hydrogens is 689 g/mol. The molecule has 3 aromatic rings. The number of thiophene rings is 1. The van der Waals surface area contributed by atoms with E-state index in [-0.39, 0.29) is 24.8 Å². The highest BCUT2D eigenvalue weighted by atomic mass is 32.2. The molecule has 4 rings (SSSR count). The Balaban J connectivity index is 1.16. The van der Waals surface area contributed by atoms with Crippen molar-refractivity contribution < 1.29 is 29.0 Å². The maximum atomic E-state index is 12.9. The van der Waals surface area contributed by atoms with Crippen LogP contribution in [0.15, 0.2) is 41.9 Å². The van der Waals surface area contributed by atoms with Crippen LogP contribution in [-0.2, 0) is 51.4 Å². The van der Waals surface area contributed by atoms with Crippen LogP contribution in [0.25, 0.3) is 0 Å². The molecule has 278 valence electrons. The maximum Gasteiger partial charge on any atom is 0.333 e. The first-order valence-corrected chi connectivity index (χ1v) is 20.1. The highest BCUT2D eigenvalue weighted by molar-refractivity contribution is 7.99. The van der Waals surface area contributed by atoms with Crippen molar-refractivity contribution >= 4 is 46.9 Å². The zero-order valence-electron chi connectivity index (χ0n) is 29.9. The van der Waals surface area contributed by atoms with Gasteiger partial charge in [-0.05, 0) is 80.1 Å². The Morgan fingerprint density at radius 2 is 1.92 bits per heavy atom. The molecule has 2 N–H and O–H groups in total. The Hall–Kier alpha value is -3.75. The fourth-order valence-corrected chi connectivity index (χ4v) is 7.89. The molecule has 2 heterocycles. The molecule has 1 atom stereocenters. The summed E-state index contributed by atoms with van der Waals surface area (Å²) in [6, 6.07) is 10.8. The highest BCUT2D eigenvalue weighted by Crippen LogP contribution is 2.32. The van der Waals surface area contributed by atoms with Gasteiger partial charge in [-0.3, -0.25) is 19.3 Å². The van der Waals surface area contributed by atoms with E-state index in [1.165, 1.54) is 26.9 Å². The molecule has 51 heavy (non-hydrogen) atoms.